The van der Waals surface area contributed by atoms with Crippen molar-refractivity contribution in [1.82, 2.24) is 4.98 Å². The van der Waals surface area contributed by atoms with Gasteiger partial charge in [0.05, 0.1) is 35.6 Å². The quantitative estimate of drug-likeness (QED) is 0.827. The molecule has 0 fully saturated rings. The molecule has 118 valence electrons. The molecule has 1 aromatic carbocycles. The minimum atomic E-state index is -3.38. The normalized spacial score (nSPS) is 11.2. The number of anilines is 1. The summed E-state index contributed by atoms with van der Waals surface area (Å²) in [6.07, 6.45) is 2.67. The van der Waals surface area contributed by atoms with Gasteiger partial charge < -0.3 is 10.1 Å². The van der Waals surface area contributed by atoms with Gasteiger partial charge in [0, 0.05) is 6.26 Å². The number of hydrogen-bond acceptors (Lipinski definition) is 5. The van der Waals surface area contributed by atoms with Crippen molar-refractivity contribution in [3.8, 4) is 5.75 Å². The molecule has 1 aromatic heterocycles. The van der Waals surface area contributed by atoms with Crippen molar-refractivity contribution in [1.29, 1.82) is 0 Å². The number of hydrogen-bond donors (Lipinski definition) is 1. The second-order valence-electron chi connectivity index (χ2n) is 4.69. The standard InChI is InChI=1S/C15H17FN2O3S/c1-3-21-12-5-4-11(17-10-12)9-18-15-8-13(22(2,19)20)6-7-14(15)16/h4-8,10,18H,3,9H2,1-2H3. The average Bonchev–Trinajstić information content (AvgIpc) is 2.47. The van der Waals surface area contributed by atoms with E-state index in [1.807, 2.05) is 6.92 Å². The summed E-state index contributed by atoms with van der Waals surface area (Å²) in [6, 6.07) is 7.18. The SMILES string of the molecule is CCOc1ccc(CNc2cc(S(C)(=O)=O)ccc2F)nc1. The molecule has 0 saturated carbocycles. The van der Waals surface area contributed by atoms with E-state index in [1.165, 1.54) is 12.1 Å². The van der Waals surface area contributed by atoms with E-state index in [1.54, 1.807) is 18.3 Å². The second-order valence-corrected chi connectivity index (χ2v) is 6.70. The maximum atomic E-state index is 13.7. The van der Waals surface area contributed by atoms with E-state index in [9.17, 15) is 12.8 Å². The molecular formula is C15H17FN2O3S. The number of benzene rings is 1. The smallest absolute Gasteiger partial charge is 0.175 e. The molecule has 0 unspecified atom stereocenters. The first-order valence-electron chi connectivity index (χ1n) is 6.71. The van der Waals surface area contributed by atoms with Crippen molar-refractivity contribution in [2.75, 3.05) is 18.2 Å². The van der Waals surface area contributed by atoms with Crippen LogP contribution in [0.15, 0.2) is 41.4 Å². The molecule has 0 radical (unpaired) electrons. The molecular weight excluding hydrogens is 307 g/mol. The third-order valence-electron chi connectivity index (χ3n) is 2.93. The van der Waals surface area contributed by atoms with Crippen LogP contribution in [0.3, 0.4) is 0 Å². The van der Waals surface area contributed by atoms with Gasteiger partial charge in [-0.25, -0.2) is 12.8 Å². The molecule has 0 amide bonds. The van der Waals surface area contributed by atoms with E-state index in [-0.39, 0.29) is 17.1 Å². The molecule has 0 aliphatic rings. The van der Waals surface area contributed by atoms with Crippen LogP contribution in [0.2, 0.25) is 0 Å². The van der Waals surface area contributed by atoms with Crippen LogP contribution in [-0.2, 0) is 16.4 Å². The Balaban J connectivity index is 2.11. The zero-order valence-corrected chi connectivity index (χ0v) is 13.2. The minimum Gasteiger partial charge on any atom is -0.492 e. The van der Waals surface area contributed by atoms with Gasteiger partial charge in [0.1, 0.15) is 11.6 Å². The lowest BCUT2D eigenvalue weighted by molar-refractivity contribution is 0.338. The van der Waals surface area contributed by atoms with Gasteiger partial charge in [-0.05, 0) is 37.3 Å². The summed E-state index contributed by atoms with van der Waals surface area (Å²) in [7, 11) is -3.38. The van der Waals surface area contributed by atoms with Crippen molar-refractivity contribution in [3.63, 3.8) is 0 Å². The van der Waals surface area contributed by atoms with Crippen molar-refractivity contribution in [3.05, 3.63) is 48.0 Å². The predicted octanol–water partition coefficient (Wildman–Crippen LogP) is 2.64. The molecule has 5 nitrogen and oxygen atoms in total. The van der Waals surface area contributed by atoms with Gasteiger partial charge in [-0.3, -0.25) is 4.98 Å². The molecule has 0 aliphatic heterocycles. The first kappa shape index (κ1) is 16.2. The van der Waals surface area contributed by atoms with Crippen LogP contribution in [0.25, 0.3) is 0 Å². The van der Waals surface area contributed by atoms with Gasteiger partial charge in [-0.1, -0.05) is 0 Å². The highest BCUT2D eigenvalue weighted by atomic mass is 32.2. The van der Waals surface area contributed by atoms with Crippen molar-refractivity contribution in [2.24, 2.45) is 0 Å². The summed E-state index contributed by atoms with van der Waals surface area (Å²) in [5.74, 6) is 0.148. The maximum absolute atomic E-state index is 13.7. The fraction of sp³-hybridized carbons (Fsp3) is 0.267. The third kappa shape index (κ3) is 4.17. The lowest BCUT2D eigenvalue weighted by atomic mass is 10.3. The monoisotopic (exact) mass is 324 g/mol. The molecule has 22 heavy (non-hydrogen) atoms. The van der Waals surface area contributed by atoms with Crippen molar-refractivity contribution >= 4 is 15.5 Å². The predicted molar refractivity (Wildman–Crippen MR) is 82.2 cm³/mol. The van der Waals surface area contributed by atoms with Gasteiger partial charge in [0.2, 0.25) is 0 Å². The number of halogens is 1. The number of sulfone groups is 1. The van der Waals surface area contributed by atoms with Crippen LogP contribution in [0.4, 0.5) is 10.1 Å². The van der Waals surface area contributed by atoms with E-state index in [2.05, 4.69) is 10.3 Å². The maximum Gasteiger partial charge on any atom is 0.175 e. The fourth-order valence-electron chi connectivity index (χ4n) is 1.82. The highest BCUT2D eigenvalue weighted by molar-refractivity contribution is 7.90. The van der Waals surface area contributed by atoms with Gasteiger partial charge in [-0.2, -0.15) is 0 Å². The van der Waals surface area contributed by atoms with E-state index < -0.39 is 15.7 Å². The molecule has 0 bridgehead atoms. The van der Waals surface area contributed by atoms with Crippen LogP contribution >= 0.6 is 0 Å². The molecule has 1 N–H and O–H groups in total. The zero-order chi connectivity index (χ0) is 16.2. The summed E-state index contributed by atoms with van der Waals surface area (Å²) in [6.45, 7) is 2.71. The summed E-state index contributed by atoms with van der Waals surface area (Å²) >= 11 is 0. The minimum absolute atomic E-state index is 0.0658. The Bertz CT molecular complexity index is 746. The first-order chi connectivity index (χ1) is 10.4. The topological polar surface area (TPSA) is 68.3 Å². The largest absolute Gasteiger partial charge is 0.492 e. The molecule has 2 aromatic rings. The average molecular weight is 324 g/mol. The molecule has 7 heteroatoms. The molecule has 1 heterocycles. The Hall–Kier alpha value is -2.15. The number of aromatic nitrogens is 1. The number of ether oxygens (including phenoxy) is 1. The number of nitrogens with zero attached hydrogens (tertiary/aromatic N) is 1. The molecule has 0 atom stereocenters. The third-order valence-corrected chi connectivity index (χ3v) is 4.04. The summed E-state index contributed by atoms with van der Waals surface area (Å²) in [5, 5.41) is 2.85. The van der Waals surface area contributed by atoms with E-state index >= 15 is 0 Å². The summed E-state index contributed by atoms with van der Waals surface area (Å²) in [5.41, 5.74) is 0.811. The Labute approximate surface area is 129 Å². The molecule has 2 rings (SSSR count). The van der Waals surface area contributed by atoms with E-state index in [0.29, 0.717) is 18.1 Å². The second kappa shape index (κ2) is 6.74. The summed E-state index contributed by atoms with van der Waals surface area (Å²) in [4.78, 5) is 4.25. The highest BCUT2D eigenvalue weighted by Crippen LogP contribution is 2.20. The number of pyridine rings is 1. The van der Waals surface area contributed by atoms with E-state index in [0.717, 1.165) is 12.3 Å². The van der Waals surface area contributed by atoms with Gasteiger partial charge in [-0.15, -0.1) is 0 Å². The highest BCUT2D eigenvalue weighted by Gasteiger charge is 2.11. The fourth-order valence-corrected chi connectivity index (χ4v) is 2.47. The first-order valence-corrected chi connectivity index (χ1v) is 8.60. The van der Waals surface area contributed by atoms with E-state index in [4.69, 9.17) is 4.74 Å². The molecule has 0 saturated heterocycles. The van der Waals surface area contributed by atoms with Crippen LogP contribution < -0.4 is 10.1 Å². The Morgan fingerprint density at radius 2 is 2.05 bits per heavy atom. The van der Waals surface area contributed by atoms with Crippen molar-refractivity contribution < 1.29 is 17.5 Å². The van der Waals surface area contributed by atoms with Crippen LogP contribution in [-0.4, -0.2) is 26.3 Å². The summed E-state index contributed by atoms with van der Waals surface area (Å²) < 4.78 is 42.0. The van der Waals surface area contributed by atoms with Gasteiger partial charge in [0.15, 0.2) is 9.84 Å². The Morgan fingerprint density at radius 1 is 1.27 bits per heavy atom. The Kier molecular flexibility index (Phi) is 4.97. The van der Waals surface area contributed by atoms with Gasteiger partial charge in [0.25, 0.3) is 0 Å². The van der Waals surface area contributed by atoms with Crippen LogP contribution in [0, 0.1) is 5.82 Å². The zero-order valence-electron chi connectivity index (χ0n) is 12.3. The lowest BCUT2D eigenvalue weighted by Gasteiger charge is -2.09. The molecule has 0 spiro atoms. The van der Waals surface area contributed by atoms with Crippen molar-refractivity contribution in [2.45, 2.75) is 18.4 Å². The van der Waals surface area contributed by atoms with Crippen LogP contribution in [0.1, 0.15) is 12.6 Å². The number of nitrogens with one attached hydrogen (secondary N) is 1. The number of rotatable bonds is 6. The lowest BCUT2D eigenvalue weighted by Crippen LogP contribution is -2.05. The van der Waals surface area contributed by atoms with Gasteiger partial charge >= 0.3 is 0 Å². The van der Waals surface area contributed by atoms with Crippen LogP contribution in [0.5, 0.6) is 5.75 Å². The molecule has 0 aliphatic carbocycles. The Morgan fingerprint density at radius 3 is 2.64 bits per heavy atom.